The van der Waals surface area contributed by atoms with Crippen molar-refractivity contribution in [1.82, 2.24) is 5.32 Å². The van der Waals surface area contributed by atoms with Crippen molar-refractivity contribution in [2.45, 2.75) is 32.6 Å². The monoisotopic (exact) mass is 276 g/mol. The van der Waals surface area contributed by atoms with E-state index in [9.17, 15) is 17.6 Å². The van der Waals surface area contributed by atoms with Gasteiger partial charge in [0.05, 0.1) is 6.54 Å². The van der Waals surface area contributed by atoms with Gasteiger partial charge in [-0.2, -0.15) is 24.6 Å². The van der Waals surface area contributed by atoms with Crippen LogP contribution in [0.2, 0.25) is 0 Å². The second kappa shape index (κ2) is 9.73. The number of halogens is 4. The molecule has 0 radical (unpaired) electrons. The average Bonchev–Trinajstić information content (AvgIpc) is 2.35. The van der Waals surface area contributed by atoms with E-state index >= 15 is 0 Å². The lowest BCUT2D eigenvalue weighted by Crippen LogP contribution is -2.38. The van der Waals surface area contributed by atoms with Gasteiger partial charge >= 0.3 is 12.3 Å². The van der Waals surface area contributed by atoms with E-state index in [2.05, 4.69) is 13.8 Å². The van der Waals surface area contributed by atoms with E-state index in [1.165, 1.54) is 24.6 Å². The molecule has 0 fully saturated rings. The van der Waals surface area contributed by atoms with Crippen LogP contribution in [0.4, 0.5) is 17.6 Å². The fourth-order valence-corrected chi connectivity index (χ4v) is 0.604. The molecule has 104 valence electrons. The molecule has 1 N–H and O–H groups in total. The highest BCUT2D eigenvalue weighted by atomic mass is 19.3. The third kappa shape index (κ3) is 7.62. The molecule has 0 aliphatic carbocycles. The van der Waals surface area contributed by atoms with E-state index in [1.54, 1.807) is 5.32 Å². The van der Waals surface area contributed by atoms with Crippen LogP contribution in [0.25, 0.3) is 0 Å². The molecule has 4 nitrogen and oxygen atoms in total. The van der Waals surface area contributed by atoms with Gasteiger partial charge < -0.3 is 5.32 Å². The number of nitrogens with zero attached hydrogens (tertiary/aromatic N) is 3. The zero-order valence-electron chi connectivity index (χ0n) is 10.3. The van der Waals surface area contributed by atoms with E-state index in [-0.39, 0.29) is 0 Å². The minimum Gasteiger partial charge on any atom is -0.369 e. The van der Waals surface area contributed by atoms with Crippen LogP contribution in [0.1, 0.15) is 20.3 Å². The molecular weight excluding hydrogens is 264 g/mol. The van der Waals surface area contributed by atoms with Crippen LogP contribution in [0, 0.1) is 34.0 Å². The van der Waals surface area contributed by atoms with Gasteiger partial charge in [-0.25, -0.2) is 8.78 Å². The molecule has 0 rings (SSSR count). The van der Waals surface area contributed by atoms with E-state index in [0.29, 0.717) is 0 Å². The molecule has 0 saturated heterocycles. The first-order valence-electron chi connectivity index (χ1n) is 5.15. The Kier molecular flexibility index (Phi) is 9.77. The van der Waals surface area contributed by atoms with Gasteiger partial charge in [0.2, 0.25) is 0 Å². The van der Waals surface area contributed by atoms with Gasteiger partial charge in [0, 0.05) is 0 Å². The van der Waals surface area contributed by atoms with Crippen LogP contribution in [0.3, 0.4) is 0 Å². The molecule has 0 aliphatic heterocycles. The second-order valence-corrected chi connectivity index (χ2v) is 3.21. The highest BCUT2D eigenvalue weighted by Gasteiger charge is 2.40. The topological polar surface area (TPSA) is 83.4 Å². The van der Waals surface area contributed by atoms with Gasteiger partial charge in [-0.15, -0.1) is 0 Å². The zero-order valence-corrected chi connectivity index (χ0v) is 10.3. The van der Waals surface area contributed by atoms with Crippen molar-refractivity contribution in [3.05, 3.63) is 11.3 Å². The van der Waals surface area contributed by atoms with Crippen LogP contribution in [-0.2, 0) is 0 Å². The number of hydrogen-bond acceptors (Lipinski definition) is 4. The first-order valence-corrected chi connectivity index (χ1v) is 5.15. The molecule has 0 heterocycles. The lowest BCUT2D eigenvalue weighted by atomic mass is 10.2. The summed E-state index contributed by atoms with van der Waals surface area (Å²) >= 11 is 0. The Morgan fingerprint density at radius 3 is 1.79 bits per heavy atom. The van der Waals surface area contributed by atoms with Crippen molar-refractivity contribution < 1.29 is 17.6 Å². The van der Waals surface area contributed by atoms with Crippen molar-refractivity contribution in [1.29, 1.82) is 15.8 Å². The van der Waals surface area contributed by atoms with E-state index in [1.807, 2.05) is 0 Å². The molecule has 0 aromatic heterocycles. The lowest BCUT2D eigenvalue weighted by molar-refractivity contribution is -0.123. The number of alkyl halides is 4. The molecule has 0 atom stereocenters. The van der Waals surface area contributed by atoms with Crippen LogP contribution in [-0.4, -0.2) is 18.9 Å². The Balaban J connectivity index is 0. The minimum atomic E-state index is -4.34. The number of nitriles is 3. The summed E-state index contributed by atoms with van der Waals surface area (Å²) in [6, 6.07) is 3.80. The Bertz CT molecular complexity index is 407. The van der Waals surface area contributed by atoms with Gasteiger partial charge in [0.15, 0.2) is 5.57 Å². The maximum atomic E-state index is 12.4. The Hall–Kier alpha value is -2.27. The van der Waals surface area contributed by atoms with Crippen molar-refractivity contribution in [3.63, 3.8) is 0 Å². The Labute approximate surface area is 108 Å². The van der Waals surface area contributed by atoms with Crippen LogP contribution >= 0.6 is 0 Å². The first kappa shape index (κ1) is 19.1. The molecule has 19 heavy (non-hydrogen) atoms. The van der Waals surface area contributed by atoms with E-state index < -0.39 is 30.2 Å². The summed E-state index contributed by atoms with van der Waals surface area (Å²) in [5.41, 5.74) is -1.50. The summed E-state index contributed by atoms with van der Waals surface area (Å²) in [6.07, 6.45) is -2.65. The molecule has 0 aliphatic rings. The van der Waals surface area contributed by atoms with E-state index in [0.717, 1.165) is 0 Å². The van der Waals surface area contributed by atoms with Gasteiger partial charge in [0.25, 0.3) is 0 Å². The molecule has 0 bridgehead atoms. The van der Waals surface area contributed by atoms with Crippen molar-refractivity contribution in [2.24, 2.45) is 0 Å². The largest absolute Gasteiger partial charge is 0.369 e. The summed E-state index contributed by atoms with van der Waals surface area (Å²) in [6.45, 7) is 2.72. The molecule has 8 heteroatoms. The summed E-state index contributed by atoms with van der Waals surface area (Å²) in [4.78, 5) is 0. The van der Waals surface area contributed by atoms with Crippen molar-refractivity contribution >= 4 is 0 Å². The fourth-order valence-electron chi connectivity index (χ4n) is 0.604. The SMILES string of the molecule is CCC.N#CC(C#N)=C(C#N)NCC(F)(F)C(F)F. The normalized spacial score (nSPS) is 9.26. The lowest BCUT2D eigenvalue weighted by Gasteiger charge is -2.15. The summed E-state index contributed by atoms with van der Waals surface area (Å²) in [5, 5.41) is 26.6. The number of hydrogen-bond donors (Lipinski definition) is 1. The highest BCUT2D eigenvalue weighted by molar-refractivity contribution is 5.45. The average molecular weight is 276 g/mol. The molecule has 0 amide bonds. The van der Waals surface area contributed by atoms with Gasteiger partial charge in [-0.1, -0.05) is 20.3 Å². The van der Waals surface area contributed by atoms with Crippen LogP contribution in [0.15, 0.2) is 11.3 Å². The van der Waals surface area contributed by atoms with Gasteiger partial charge in [0.1, 0.15) is 23.9 Å². The molecule has 0 aromatic rings. The second-order valence-electron chi connectivity index (χ2n) is 3.21. The summed E-state index contributed by atoms with van der Waals surface area (Å²) < 4.78 is 48.2. The van der Waals surface area contributed by atoms with Crippen LogP contribution in [0.5, 0.6) is 0 Å². The smallest absolute Gasteiger partial charge is 0.324 e. The van der Waals surface area contributed by atoms with Crippen LogP contribution < -0.4 is 5.32 Å². The predicted octanol–water partition coefficient (Wildman–Crippen LogP) is 2.72. The molecule has 0 spiro atoms. The third-order valence-corrected chi connectivity index (χ3v) is 1.41. The number of rotatable bonds is 4. The maximum Gasteiger partial charge on any atom is 0.324 e. The predicted molar refractivity (Wildman–Crippen MR) is 58.8 cm³/mol. The third-order valence-electron chi connectivity index (χ3n) is 1.41. The van der Waals surface area contributed by atoms with Crippen molar-refractivity contribution in [3.8, 4) is 18.2 Å². The zero-order chi connectivity index (χ0) is 15.5. The first-order chi connectivity index (χ1) is 8.80. The number of nitrogens with one attached hydrogen (secondary N) is 1. The maximum absolute atomic E-state index is 12.4. The van der Waals surface area contributed by atoms with Crippen molar-refractivity contribution in [2.75, 3.05) is 6.54 Å². The van der Waals surface area contributed by atoms with Gasteiger partial charge in [-0.05, 0) is 0 Å². The molecule has 0 aromatic carbocycles. The Morgan fingerprint density at radius 1 is 1.11 bits per heavy atom. The Morgan fingerprint density at radius 2 is 1.53 bits per heavy atom. The quantitative estimate of drug-likeness (QED) is 0.632. The fraction of sp³-hybridized carbons (Fsp3) is 0.545. The number of allylic oxidation sites excluding steroid dienone is 2. The highest BCUT2D eigenvalue weighted by Crippen LogP contribution is 2.21. The summed E-state index contributed by atoms with van der Waals surface area (Å²) in [5.74, 6) is -4.34. The summed E-state index contributed by atoms with van der Waals surface area (Å²) in [7, 11) is 0. The van der Waals surface area contributed by atoms with Gasteiger partial charge in [-0.3, -0.25) is 0 Å². The minimum absolute atomic E-state index is 0.743. The standard InChI is InChI=1S/C8H4F4N4.C3H8/c9-7(10)8(11,12)4-16-6(3-15)5(1-13)2-14;1-3-2/h7,16H,4H2;3H2,1-2H3. The molecule has 0 saturated carbocycles. The molecular formula is C11H12F4N4. The van der Waals surface area contributed by atoms with E-state index in [4.69, 9.17) is 15.8 Å². The molecule has 0 unspecified atom stereocenters.